The number of esters is 2. The number of para-hydroxylation sites is 1. The molecule has 2 rings (SSSR count). The minimum atomic E-state index is -0.468. The van der Waals surface area contributed by atoms with Crippen molar-refractivity contribution < 1.29 is 19.1 Å². The maximum atomic E-state index is 12.1. The summed E-state index contributed by atoms with van der Waals surface area (Å²) in [6.45, 7) is 3.68. The summed E-state index contributed by atoms with van der Waals surface area (Å²) in [6.07, 6.45) is 0. The van der Waals surface area contributed by atoms with Crippen LogP contribution in [0.3, 0.4) is 0 Å². The highest BCUT2D eigenvalue weighted by molar-refractivity contribution is 8.01. The summed E-state index contributed by atoms with van der Waals surface area (Å²) in [5.41, 5.74) is 0.930. The Labute approximate surface area is 146 Å². The number of carbonyl (C=O) groups is 2. The first-order valence-electron chi connectivity index (χ1n) is 7.69. The van der Waals surface area contributed by atoms with Crippen LogP contribution in [0, 0.1) is 0 Å². The molecule has 0 bridgehead atoms. The highest BCUT2D eigenvalue weighted by atomic mass is 32.2. The molecule has 0 heterocycles. The van der Waals surface area contributed by atoms with Crippen molar-refractivity contribution in [1.82, 2.24) is 0 Å². The van der Waals surface area contributed by atoms with Gasteiger partial charge in [-0.2, -0.15) is 0 Å². The van der Waals surface area contributed by atoms with Gasteiger partial charge in [-0.15, -0.1) is 11.8 Å². The zero-order chi connectivity index (χ0) is 17.4. The van der Waals surface area contributed by atoms with Crippen molar-refractivity contribution in [3.8, 4) is 5.75 Å². The molecule has 0 N–H and O–H groups in total. The molecule has 0 spiro atoms. The summed E-state index contributed by atoms with van der Waals surface area (Å²) in [6, 6.07) is 18.3. The van der Waals surface area contributed by atoms with Crippen molar-refractivity contribution in [2.75, 3.05) is 0 Å². The van der Waals surface area contributed by atoms with Crippen molar-refractivity contribution in [2.45, 2.75) is 31.0 Å². The summed E-state index contributed by atoms with van der Waals surface area (Å²) >= 11 is 1.22. The van der Waals surface area contributed by atoms with Crippen LogP contribution in [-0.4, -0.2) is 22.4 Å². The van der Waals surface area contributed by atoms with Crippen molar-refractivity contribution in [3.05, 3.63) is 66.2 Å². The van der Waals surface area contributed by atoms with Gasteiger partial charge in [-0.25, -0.2) is 0 Å². The van der Waals surface area contributed by atoms with E-state index in [9.17, 15) is 9.59 Å². The first-order valence-corrected chi connectivity index (χ1v) is 8.63. The van der Waals surface area contributed by atoms with E-state index in [1.807, 2.05) is 36.4 Å². The summed E-state index contributed by atoms with van der Waals surface area (Å²) in [5, 5.41) is -0.920. The van der Waals surface area contributed by atoms with Crippen LogP contribution in [0.25, 0.3) is 0 Å². The van der Waals surface area contributed by atoms with Crippen molar-refractivity contribution in [2.24, 2.45) is 0 Å². The van der Waals surface area contributed by atoms with Crippen LogP contribution in [0.2, 0.25) is 0 Å². The number of thioether (sulfide) groups is 1. The first kappa shape index (κ1) is 18.1. The smallest absolute Gasteiger partial charge is 0.324 e. The average Bonchev–Trinajstić information content (AvgIpc) is 2.61. The Balaban J connectivity index is 1.78. The van der Waals surface area contributed by atoms with Crippen LogP contribution in [-0.2, 0) is 20.9 Å². The normalized spacial score (nSPS) is 12.9. The lowest BCUT2D eigenvalue weighted by molar-refractivity contribution is -0.143. The summed E-state index contributed by atoms with van der Waals surface area (Å²) < 4.78 is 10.6. The van der Waals surface area contributed by atoms with Crippen LogP contribution >= 0.6 is 11.8 Å². The van der Waals surface area contributed by atoms with Gasteiger partial charge >= 0.3 is 11.9 Å². The molecule has 126 valence electrons. The Morgan fingerprint density at radius 3 is 2.04 bits per heavy atom. The highest BCUT2D eigenvalue weighted by Gasteiger charge is 2.24. The number of ether oxygens (including phenoxy) is 2. The molecule has 2 unspecified atom stereocenters. The molecule has 4 nitrogen and oxygen atoms in total. The van der Waals surface area contributed by atoms with Gasteiger partial charge in [0.2, 0.25) is 0 Å². The Morgan fingerprint density at radius 1 is 0.875 bits per heavy atom. The molecule has 0 saturated carbocycles. The van der Waals surface area contributed by atoms with Gasteiger partial charge in [-0.1, -0.05) is 48.5 Å². The van der Waals surface area contributed by atoms with Crippen molar-refractivity contribution >= 4 is 23.7 Å². The molecule has 0 aromatic heterocycles. The number of rotatable bonds is 7. The van der Waals surface area contributed by atoms with Gasteiger partial charge in [0.15, 0.2) is 0 Å². The molecule has 2 aromatic rings. The fourth-order valence-corrected chi connectivity index (χ4v) is 2.90. The monoisotopic (exact) mass is 344 g/mol. The second-order valence-corrected chi connectivity index (χ2v) is 6.93. The molecule has 0 radical (unpaired) electrons. The highest BCUT2D eigenvalue weighted by Crippen LogP contribution is 2.21. The molecular formula is C19H20O4S. The van der Waals surface area contributed by atoms with E-state index >= 15 is 0 Å². The Morgan fingerprint density at radius 2 is 1.42 bits per heavy atom. The fourth-order valence-electron chi connectivity index (χ4n) is 1.95. The van der Waals surface area contributed by atoms with Crippen molar-refractivity contribution in [3.63, 3.8) is 0 Å². The zero-order valence-electron chi connectivity index (χ0n) is 13.7. The summed E-state index contributed by atoms with van der Waals surface area (Å²) in [4.78, 5) is 24.1. The summed E-state index contributed by atoms with van der Waals surface area (Å²) in [5.74, 6) is -0.230. The lowest BCUT2D eigenvalue weighted by atomic mass is 10.2. The van der Waals surface area contributed by atoms with Gasteiger partial charge < -0.3 is 9.47 Å². The molecular weight excluding hydrogens is 324 g/mol. The quantitative estimate of drug-likeness (QED) is 0.564. The number of hydrogen-bond acceptors (Lipinski definition) is 5. The van der Waals surface area contributed by atoms with Crippen LogP contribution in [0.4, 0.5) is 0 Å². The van der Waals surface area contributed by atoms with E-state index in [0.717, 1.165) is 5.56 Å². The topological polar surface area (TPSA) is 52.6 Å². The Bertz CT molecular complexity index is 658. The van der Waals surface area contributed by atoms with E-state index in [1.54, 1.807) is 38.1 Å². The molecule has 24 heavy (non-hydrogen) atoms. The third kappa shape index (κ3) is 5.74. The van der Waals surface area contributed by atoms with Crippen LogP contribution in [0.5, 0.6) is 5.75 Å². The fraction of sp³-hybridized carbons (Fsp3) is 0.263. The maximum Gasteiger partial charge on any atom is 0.324 e. The van der Waals surface area contributed by atoms with E-state index in [4.69, 9.17) is 9.47 Å². The van der Waals surface area contributed by atoms with Crippen LogP contribution in [0.15, 0.2) is 60.7 Å². The second-order valence-electron chi connectivity index (χ2n) is 5.25. The Hall–Kier alpha value is -2.27. The SMILES string of the molecule is CC(SC(C)C(=O)Oc1ccccc1)C(=O)OCc1ccccc1. The zero-order valence-corrected chi connectivity index (χ0v) is 14.5. The van der Waals surface area contributed by atoms with Crippen LogP contribution in [0.1, 0.15) is 19.4 Å². The van der Waals surface area contributed by atoms with E-state index in [-0.39, 0.29) is 18.5 Å². The van der Waals surface area contributed by atoms with Crippen molar-refractivity contribution in [1.29, 1.82) is 0 Å². The van der Waals surface area contributed by atoms with E-state index in [1.165, 1.54) is 11.8 Å². The lowest BCUT2D eigenvalue weighted by Gasteiger charge is -2.15. The molecule has 0 fully saturated rings. The largest absolute Gasteiger partial charge is 0.460 e. The molecule has 2 aromatic carbocycles. The average molecular weight is 344 g/mol. The van der Waals surface area contributed by atoms with Gasteiger partial charge in [-0.05, 0) is 31.5 Å². The van der Waals surface area contributed by atoms with E-state index in [0.29, 0.717) is 5.75 Å². The predicted molar refractivity (Wildman–Crippen MR) is 94.8 cm³/mol. The van der Waals surface area contributed by atoms with Gasteiger partial charge in [-0.3, -0.25) is 9.59 Å². The van der Waals surface area contributed by atoms with Gasteiger partial charge in [0.05, 0.1) is 0 Å². The molecule has 0 aliphatic carbocycles. The third-order valence-electron chi connectivity index (χ3n) is 3.26. The second kappa shape index (κ2) is 9.13. The maximum absolute atomic E-state index is 12.1. The minimum absolute atomic E-state index is 0.230. The third-order valence-corrected chi connectivity index (χ3v) is 4.46. The summed E-state index contributed by atoms with van der Waals surface area (Å²) in [7, 11) is 0. The Kier molecular flexibility index (Phi) is 6.88. The van der Waals surface area contributed by atoms with E-state index < -0.39 is 10.5 Å². The van der Waals surface area contributed by atoms with Gasteiger partial charge in [0, 0.05) is 0 Å². The van der Waals surface area contributed by atoms with Gasteiger partial charge in [0.1, 0.15) is 22.9 Å². The molecule has 0 aliphatic rings. The molecule has 2 atom stereocenters. The predicted octanol–water partition coefficient (Wildman–Crippen LogP) is 3.85. The molecule has 0 saturated heterocycles. The first-order chi connectivity index (χ1) is 11.6. The van der Waals surface area contributed by atoms with E-state index in [2.05, 4.69) is 0 Å². The van der Waals surface area contributed by atoms with Crippen LogP contribution < -0.4 is 4.74 Å². The minimum Gasteiger partial charge on any atom is -0.460 e. The number of benzene rings is 2. The lowest BCUT2D eigenvalue weighted by Crippen LogP contribution is -2.26. The number of carbonyl (C=O) groups excluding carboxylic acids is 2. The number of hydrogen-bond donors (Lipinski definition) is 0. The standard InChI is InChI=1S/C19H20O4S/c1-14(18(20)22-13-16-9-5-3-6-10-16)24-15(2)19(21)23-17-11-7-4-8-12-17/h3-12,14-15H,13H2,1-2H3. The molecule has 5 heteroatoms. The molecule has 0 amide bonds. The van der Waals surface area contributed by atoms with Gasteiger partial charge in [0.25, 0.3) is 0 Å². The molecule has 0 aliphatic heterocycles.